The number of hydrogen-bond acceptors (Lipinski definition) is 5. The third-order valence-corrected chi connectivity index (χ3v) is 6.04. The van der Waals surface area contributed by atoms with E-state index in [2.05, 4.69) is 0 Å². The Kier molecular flexibility index (Phi) is 5.06. The number of anilines is 2. The van der Waals surface area contributed by atoms with Gasteiger partial charge in [-0.3, -0.25) is 4.79 Å². The van der Waals surface area contributed by atoms with E-state index in [-0.39, 0.29) is 16.7 Å². The third-order valence-electron chi connectivity index (χ3n) is 6.04. The van der Waals surface area contributed by atoms with E-state index in [1.165, 1.54) is 12.1 Å². The van der Waals surface area contributed by atoms with Crippen molar-refractivity contribution in [1.82, 2.24) is 0 Å². The first-order valence-electron chi connectivity index (χ1n) is 10.7. The molecule has 2 N–H and O–H groups in total. The van der Waals surface area contributed by atoms with E-state index in [0.29, 0.717) is 11.3 Å². The zero-order chi connectivity index (χ0) is 24.0. The molecule has 5 rings (SSSR count). The molecule has 6 heteroatoms. The van der Waals surface area contributed by atoms with Gasteiger partial charge in [-0.25, -0.2) is 4.79 Å². The molecule has 0 radical (unpaired) electrons. The third kappa shape index (κ3) is 3.65. The molecule has 0 atom stereocenters. The fraction of sp³-hybridized carbons (Fsp3) is 0.0714. The monoisotopic (exact) mass is 451 g/mol. The van der Waals surface area contributed by atoms with Gasteiger partial charge in [0.1, 0.15) is 17.1 Å². The fourth-order valence-electron chi connectivity index (χ4n) is 4.26. The summed E-state index contributed by atoms with van der Waals surface area (Å²) in [6.45, 7) is 1.87. The molecule has 0 bridgehead atoms. The summed E-state index contributed by atoms with van der Waals surface area (Å²) in [5.74, 6) is -0.328. The Morgan fingerprint density at radius 3 is 2.26 bits per heavy atom. The van der Waals surface area contributed by atoms with Crippen molar-refractivity contribution in [1.29, 1.82) is 0 Å². The summed E-state index contributed by atoms with van der Waals surface area (Å²) in [5, 5.41) is 19.8. The smallest absolute Gasteiger partial charge is 0.335 e. The van der Waals surface area contributed by atoms with Crippen molar-refractivity contribution in [2.75, 3.05) is 11.9 Å². The lowest BCUT2D eigenvalue weighted by Crippen LogP contribution is -2.09. The predicted molar refractivity (Wildman–Crippen MR) is 132 cm³/mol. The lowest BCUT2D eigenvalue weighted by molar-refractivity contribution is 0.0697. The van der Waals surface area contributed by atoms with Crippen LogP contribution >= 0.6 is 0 Å². The van der Waals surface area contributed by atoms with Gasteiger partial charge in [-0.1, -0.05) is 6.07 Å². The topological polar surface area (TPSA) is 91.0 Å². The van der Waals surface area contributed by atoms with Crippen molar-refractivity contribution in [2.45, 2.75) is 6.92 Å². The highest BCUT2D eigenvalue weighted by atomic mass is 16.4. The Labute approximate surface area is 195 Å². The van der Waals surface area contributed by atoms with E-state index in [1.54, 1.807) is 36.4 Å². The van der Waals surface area contributed by atoms with E-state index in [1.807, 2.05) is 49.2 Å². The van der Waals surface area contributed by atoms with Crippen LogP contribution in [-0.4, -0.2) is 23.2 Å². The number of nitrogens with zero attached hydrogens (tertiary/aromatic N) is 1. The average Bonchev–Trinajstić information content (AvgIpc) is 2.82. The second-order valence-corrected chi connectivity index (χ2v) is 8.23. The molecule has 3 aromatic rings. The number of aromatic hydroxyl groups is 1. The molecule has 1 aliphatic carbocycles. The number of aryl methyl sites for hydroxylation is 1. The minimum atomic E-state index is -0.981. The molecule has 1 aliphatic heterocycles. The van der Waals surface area contributed by atoms with Gasteiger partial charge in [0, 0.05) is 47.1 Å². The van der Waals surface area contributed by atoms with Crippen molar-refractivity contribution in [3.63, 3.8) is 0 Å². The number of fused-ring (bicyclic) bond motifs is 2. The van der Waals surface area contributed by atoms with Crippen LogP contribution in [0.2, 0.25) is 0 Å². The Balaban J connectivity index is 1.75. The first kappa shape index (κ1) is 21.3. The summed E-state index contributed by atoms with van der Waals surface area (Å²) in [6, 6.07) is 22.5. The van der Waals surface area contributed by atoms with Crippen LogP contribution in [0.25, 0.3) is 33.4 Å². The maximum absolute atomic E-state index is 12.1. The van der Waals surface area contributed by atoms with Crippen LogP contribution in [-0.2, 0) is 0 Å². The maximum Gasteiger partial charge on any atom is 0.335 e. The molecule has 0 saturated carbocycles. The summed E-state index contributed by atoms with van der Waals surface area (Å²) in [4.78, 5) is 25.5. The molecule has 0 amide bonds. The number of benzene rings is 4. The van der Waals surface area contributed by atoms with Gasteiger partial charge in [0.25, 0.3) is 0 Å². The SMILES string of the molecule is Cc1cc(C(=O)O)ccc1-c1c2ccc(=O)cc-2oc2cc(N(C)c3ccc(O)cc3)ccc12. The molecular formula is C28H21NO5. The maximum atomic E-state index is 12.1. The zero-order valence-corrected chi connectivity index (χ0v) is 18.6. The summed E-state index contributed by atoms with van der Waals surface area (Å²) in [6.07, 6.45) is 0. The number of phenolic OH excluding ortho intramolecular Hbond substituents is 1. The molecule has 34 heavy (non-hydrogen) atoms. The van der Waals surface area contributed by atoms with Crippen LogP contribution in [0.4, 0.5) is 11.4 Å². The summed E-state index contributed by atoms with van der Waals surface area (Å²) < 4.78 is 6.18. The fourth-order valence-corrected chi connectivity index (χ4v) is 4.26. The normalized spacial score (nSPS) is 11.1. The van der Waals surface area contributed by atoms with E-state index >= 15 is 0 Å². The van der Waals surface area contributed by atoms with E-state index in [9.17, 15) is 19.8 Å². The van der Waals surface area contributed by atoms with Gasteiger partial charge < -0.3 is 19.5 Å². The molecule has 1 heterocycles. The summed E-state index contributed by atoms with van der Waals surface area (Å²) in [5.41, 5.74) is 5.75. The largest absolute Gasteiger partial charge is 0.508 e. The Morgan fingerprint density at radius 2 is 1.56 bits per heavy atom. The zero-order valence-electron chi connectivity index (χ0n) is 18.6. The number of carboxylic acid groups (broad SMARTS) is 1. The molecule has 3 aromatic carbocycles. The van der Waals surface area contributed by atoms with Crippen molar-refractivity contribution >= 4 is 28.3 Å². The van der Waals surface area contributed by atoms with Gasteiger partial charge >= 0.3 is 5.97 Å². The number of hydrogen-bond donors (Lipinski definition) is 2. The van der Waals surface area contributed by atoms with Crippen molar-refractivity contribution in [2.24, 2.45) is 0 Å². The Bertz CT molecular complexity index is 1580. The average molecular weight is 451 g/mol. The Hall–Kier alpha value is -4.58. The summed E-state index contributed by atoms with van der Waals surface area (Å²) in [7, 11) is 1.92. The number of rotatable bonds is 4. The predicted octanol–water partition coefficient (Wildman–Crippen LogP) is 6.04. The van der Waals surface area contributed by atoms with Crippen LogP contribution in [0, 0.1) is 6.92 Å². The van der Waals surface area contributed by atoms with Crippen LogP contribution < -0.4 is 10.3 Å². The minimum absolute atomic E-state index is 0.156. The molecule has 0 fully saturated rings. The second kappa shape index (κ2) is 8.08. The number of carbonyl (C=O) groups is 1. The highest BCUT2D eigenvalue weighted by molar-refractivity contribution is 6.04. The molecule has 2 aliphatic rings. The molecule has 0 aromatic heterocycles. The molecule has 0 spiro atoms. The second-order valence-electron chi connectivity index (χ2n) is 8.23. The summed E-state index contributed by atoms with van der Waals surface area (Å²) >= 11 is 0. The van der Waals surface area contributed by atoms with Crippen molar-refractivity contribution < 1.29 is 19.4 Å². The van der Waals surface area contributed by atoms with Crippen LogP contribution in [0.1, 0.15) is 15.9 Å². The van der Waals surface area contributed by atoms with Gasteiger partial charge in [0.05, 0.1) is 5.56 Å². The van der Waals surface area contributed by atoms with Gasteiger partial charge in [0.15, 0.2) is 5.43 Å². The number of carboxylic acids is 1. The first-order chi connectivity index (χ1) is 16.3. The van der Waals surface area contributed by atoms with E-state index in [4.69, 9.17) is 4.42 Å². The highest BCUT2D eigenvalue weighted by Crippen LogP contribution is 2.42. The lowest BCUT2D eigenvalue weighted by atomic mass is 9.90. The standard InChI is InChI=1S/C28H21NO5/c1-16-13-17(28(32)33)3-10-22(16)27-23-11-6-19(29(2)18-4-7-20(30)8-5-18)14-25(23)34-26-15-21(31)9-12-24(26)27/h3-15,30H,1-2H3,(H,32,33). The van der Waals surface area contributed by atoms with Crippen LogP contribution in [0.3, 0.4) is 0 Å². The van der Waals surface area contributed by atoms with Gasteiger partial charge in [-0.05, 0) is 78.7 Å². The van der Waals surface area contributed by atoms with Crippen molar-refractivity contribution in [3.05, 3.63) is 100 Å². The van der Waals surface area contributed by atoms with Crippen LogP contribution in [0.5, 0.6) is 5.75 Å². The van der Waals surface area contributed by atoms with Gasteiger partial charge in [0.2, 0.25) is 0 Å². The number of phenols is 1. The van der Waals surface area contributed by atoms with Gasteiger partial charge in [-0.2, -0.15) is 0 Å². The molecule has 0 unspecified atom stereocenters. The van der Waals surface area contributed by atoms with Crippen LogP contribution in [0.15, 0.2) is 88.1 Å². The number of aromatic carboxylic acids is 1. The van der Waals surface area contributed by atoms with Crippen molar-refractivity contribution in [3.8, 4) is 28.2 Å². The minimum Gasteiger partial charge on any atom is -0.508 e. The highest BCUT2D eigenvalue weighted by Gasteiger charge is 2.20. The molecular weight excluding hydrogens is 430 g/mol. The molecule has 168 valence electrons. The van der Waals surface area contributed by atoms with Gasteiger partial charge in [-0.15, -0.1) is 0 Å². The van der Waals surface area contributed by atoms with E-state index in [0.717, 1.165) is 39.0 Å². The molecule has 0 saturated heterocycles. The lowest BCUT2D eigenvalue weighted by Gasteiger charge is -2.21. The quantitative estimate of drug-likeness (QED) is 0.324. The van der Waals surface area contributed by atoms with E-state index < -0.39 is 5.97 Å². The first-order valence-corrected chi connectivity index (χ1v) is 10.7. The Morgan fingerprint density at radius 1 is 0.853 bits per heavy atom. The molecule has 6 nitrogen and oxygen atoms in total.